The number of thiazole rings is 2. The summed E-state index contributed by atoms with van der Waals surface area (Å²) in [5, 5.41) is 1.02. The topological polar surface area (TPSA) is 66.4 Å². The Kier molecular flexibility index (Phi) is 5.75. The molecule has 0 N–H and O–H groups in total. The smallest absolute Gasteiger partial charge is 0.228 e. The molecule has 2 aliphatic rings. The summed E-state index contributed by atoms with van der Waals surface area (Å²) in [6.45, 7) is 8.54. The third kappa shape index (κ3) is 4.38. The fraction of sp³-hybridized carbons (Fsp3) is 0.619. The first kappa shape index (κ1) is 20.5. The molecule has 2 aliphatic heterocycles. The molecule has 0 aromatic carbocycles. The van der Waals surface area contributed by atoms with Gasteiger partial charge in [0.1, 0.15) is 0 Å². The van der Waals surface area contributed by atoms with Crippen LogP contribution in [0.5, 0.6) is 0 Å². The quantitative estimate of drug-likeness (QED) is 0.744. The van der Waals surface area contributed by atoms with Gasteiger partial charge < -0.3 is 9.80 Å². The molecule has 4 rings (SSSR count). The second kappa shape index (κ2) is 8.14. The monoisotopic (exact) mass is 432 g/mol. The minimum atomic E-state index is 0.162. The molecule has 0 saturated carbocycles. The Morgan fingerprint density at radius 1 is 1.21 bits per heavy atom. The van der Waals surface area contributed by atoms with Crippen molar-refractivity contribution in [1.29, 1.82) is 0 Å². The van der Waals surface area contributed by atoms with Gasteiger partial charge >= 0.3 is 0 Å². The SMILES string of the molecule is Cc1nc(C)c(CC(=O)N2CC3(CCN(C(=O)Cc4cncs4)CC3)CC2C)s1. The third-order valence-electron chi connectivity index (χ3n) is 6.38. The maximum Gasteiger partial charge on any atom is 0.228 e. The fourth-order valence-corrected chi connectivity index (χ4v) is 6.33. The molecule has 6 nitrogen and oxygen atoms in total. The number of hydrogen-bond acceptors (Lipinski definition) is 6. The van der Waals surface area contributed by atoms with Gasteiger partial charge in [-0.3, -0.25) is 14.6 Å². The van der Waals surface area contributed by atoms with E-state index in [0.29, 0.717) is 12.8 Å². The zero-order chi connectivity index (χ0) is 20.6. The largest absolute Gasteiger partial charge is 0.342 e. The highest BCUT2D eigenvalue weighted by molar-refractivity contribution is 7.11. The van der Waals surface area contributed by atoms with E-state index in [0.717, 1.165) is 59.4 Å². The van der Waals surface area contributed by atoms with E-state index in [1.54, 1.807) is 23.0 Å². The van der Waals surface area contributed by atoms with Gasteiger partial charge in [0, 0.05) is 41.6 Å². The van der Waals surface area contributed by atoms with Gasteiger partial charge in [-0.05, 0) is 45.4 Å². The number of amides is 2. The molecule has 2 saturated heterocycles. The Morgan fingerprint density at radius 2 is 1.97 bits per heavy atom. The van der Waals surface area contributed by atoms with Crippen LogP contribution < -0.4 is 0 Å². The van der Waals surface area contributed by atoms with Crippen LogP contribution in [0.4, 0.5) is 0 Å². The van der Waals surface area contributed by atoms with Gasteiger partial charge in [-0.1, -0.05) is 0 Å². The molecule has 2 fully saturated rings. The molecular formula is C21H28N4O2S2. The van der Waals surface area contributed by atoms with E-state index in [4.69, 9.17) is 0 Å². The highest BCUT2D eigenvalue weighted by Gasteiger charge is 2.46. The summed E-state index contributed by atoms with van der Waals surface area (Å²) in [7, 11) is 0. The predicted molar refractivity (Wildman–Crippen MR) is 115 cm³/mol. The minimum absolute atomic E-state index is 0.162. The maximum atomic E-state index is 13.0. The van der Waals surface area contributed by atoms with Crippen molar-refractivity contribution in [3.63, 3.8) is 0 Å². The molecule has 0 bridgehead atoms. The highest BCUT2D eigenvalue weighted by atomic mass is 32.1. The standard InChI is InChI=1S/C21H28N4O2S2/c1-14-10-21(12-25(14)20(27)9-18-15(2)23-16(3)29-18)4-6-24(7-5-21)19(26)8-17-11-22-13-28-17/h11,13-14H,4-10,12H2,1-3H3. The number of carbonyl (C=O) groups excluding carboxylic acids is 2. The molecular weight excluding hydrogens is 404 g/mol. The molecule has 1 spiro atoms. The summed E-state index contributed by atoms with van der Waals surface area (Å²) in [4.78, 5) is 40.3. The Bertz CT molecular complexity index is 885. The molecule has 29 heavy (non-hydrogen) atoms. The molecule has 1 unspecified atom stereocenters. The summed E-state index contributed by atoms with van der Waals surface area (Å²) in [5.74, 6) is 0.406. The van der Waals surface area contributed by atoms with Crippen LogP contribution in [0.25, 0.3) is 0 Å². The first-order valence-corrected chi connectivity index (χ1v) is 11.9. The van der Waals surface area contributed by atoms with Crippen molar-refractivity contribution >= 4 is 34.5 Å². The number of nitrogens with zero attached hydrogens (tertiary/aromatic N) is 4. The summed E-state index contributed by atoms with van der Waals surface area (Å²) >= 11 is 3.16. The van der Waals surface area contributed by atoms with E-state index in [-0.39, 0.29) is 23.3 Å². The zero-order valence-corrected chi connectivity index (χ0v) is 18.9. The van der Waals surface area contributed by atoms with Crippen LogP contribution in [0, 0.1) is 19.3 Å². The number of hydrogen-bond donors (Lipinski definition) is 0. The van der Waals surface area contributed by atoms with E-state index in [1.165, 1.54) is 11.3 Å². The van der Waals surface area contributed by atoms with Gasteiger partial charge in [0.25, 0.3) is 0 Å². The molecule has 0 aliphatic carbocycles. The van der Waals surface area contributed by atoms with Crippen molar-refractivity contribution < 1.29 is 9.59 Å². The van der Waals surface area contributed by atoms with Crippen LogP contribution in [0.1, 0.15) is 46.6 Å². The summed E-state index contributed by atoms with van der Waals surface area (Å²) in [5.41, 5.74) is 2.92. The minimum Gasteiger partial charge on any atom is -0.342 e. The van der Waals surface area contributed by atoms with E-state index >= 15 is 0 Å². The van der Waals surface area contributed by atoms with Gasteiger partial charge in [-0.25, -0.2) is 4.98 Å². The zero-order valence-electron chi connectivity index (χ0n) is 17.3. The lowest BCUT2D eigenvalue weighted by atomic mass is 9.76. The van der Waals surface area contributed by atoms with Crippen molar-refractivity contribution in [2.24, 2.45) is 5.41 Å². The summed E-state index contributed by atoms with van der Waals surface area (Å²) in [6.07, 6.45) is 5.69. The van der Waals surface area contributed by atoms with Crippen molar-refractivity contribution in [2.75, 3.05) is 19.6 Å². The molecule has 8 heteroatoms. The van der Waals surface area contributed by atoms with Crippen molar-refractivity contribution in [2.45, 2.75) is 58.9 Å². The normalized spacial score (nSPS) is 21.1. The number of rotatable bonds is 4. The number of aryl methyl sites for hydroxylation is 2. The third-order valence-corrected chi connectivity index (χ3v) is 8.24. The predicted octanol–water partition coefficient (Wildman–Crippen LogP) is 3.23. The van der Waals surface area contributed by atoms with E-state index in [1.807, 2.05) is 18.7 Å². The van der Waals surface area contributed by atoms with Gasteiger partial charge in [-0.15, -0.1) is 22.7 Å². The Balaban J connectivity index is 1.34. The van der Waals surface area contributed by atoms with Crippen LogP contribution in [0.3, 0.4) is 0 Å². The number of aromatic nitrogens is 2. The Hall–Kier alpha value is -1.80. The molecule has 156 valence electrons. The van der Waals surface area contributed by atoms with Gasteiger partial charge in [-0.2, -0.15) is 0 Å². The second-order valence-corrected chi connectivity index (χ2v) is 10.8. The van der Waals surface area contributed by atoms with Crippen LogP contribution in [0.2, 0.25) is 0 Å². The molecule has 1 atom stereocenters. The van der Waals surface area contributed by atoms with Crippen LogP contribution in [-0.2, 0) is 22.4 Å². The summed E-state index contributed by atoms with van der Waals surface area (Å²) < 4.78 is 0. The lowest BCUT2D eigenvalue weighted by Gasteiger charge is -2.39. The molecule has 4 heterocycles. The van der Waals surface area contributed by atoms with Crippen LogP contribution >= 0.6 is 22.7 Å². The summed E-state index contributed by atoms with van der Waals surface area (Å²) in [6, 6.07) is 0.260. The fourth-order valence-electron chi connectivity index (χ4n) is 4.81. The van der Waals surface area contributed by atoms with Crippen LogP contribution in [0.15, 0.2) is 11.7 Å². The lowest BCUT2D eigenvalue weighted by Crippen LogP contribution is -2.45. The Labute approximate surface area is 180 Å². The first-order valence-electron chi connectivity index (χ1n) is 10.2. The van der Waals surface area contributed by atoms with E-state index in [9.17, 15) is 9.59 Å². The van der Waals surface area contributed by atoms with Crippen molar-refractivity contribution in [3.8, 4) is 0 Å². The van der Waals surface area contributed by atoms with Gasteiger partial charge in [0.2, 0.25) is 11.8 Å². The molecule has 2 aromatic rings. The average molecular weight is 433 g/mol. The van der Waals surface area contributed by atoms with Crippen molar-refractivity contribution in [3.05, 3.63) is 32.2 Å². The lowest BCUT2D eigenvalue weighted by molar-refractivity contribution is -0.134. The number of carbonyl (C=O) groups is 2. The van der Waals surface area contributed by atoms with E-state index < -0.39 is 0 Å². The van der Waals surface area contributed by atoms with Gasteiger partial charge in [0.15, 0.2) is 0 Å². The highest BCUT2D eigenvalue weighted by Crippen LogP contribution is 2.43. The molecule has 2 amide bonds. The second-order valence-electron chi connectivity index (χ2n) is 8.52. The molecule has 0 radical (unpaired) electrons. The van der Waals surface area contributed by atoms with E-state index in [2.05, 4.69) is 21.8 Å². The maximum absolute atomic E-state index is 13.0. The average Bonchev–Trinajstić information content (AvgIpc) is 3.36. The number of likely N-dealkylation sites (tertiary alicyclic amines) is 2. The number of piperidine rings is 1. The van der Waals surface area contributed by atoms with Crippen molar-refractivity contribution in [1.82, 2.24) is 19.8 Å². The Morgan fingerprint density at radius 3 is 2.59 bits per heavy atom. The molecule has 2 aromatic heterocycles. The first-order chi connectivity index (χ1) is 13.8. The van der Waals surface area contributed by atoms with Gasteiger partial charge in [0.05, 0.1) is 29.1 Å². The van der Waals surface area contributed by atoms with Crippen LogP contribution in [-0.4, -0.2) is 57.3 Å².